The Morgan fingerprint density at radius 2 is 1.50 bits per heavy atom. The van der Waals surface area contributed by atoms with Gasteiger partial charge in [-0.25, -0.2) is 0 Å². The quantitative estimate of drug-likeness (QED) is 0.345. The van der Waals surface area contributed by atoms with Crippen LogP contribution in [0.25, 0.3) is 0 Å². The highest BCUT2D eigenvalue weighted by molar-refractivity contribution is 5.06. The van der Waals surface area contributed by atoms with Crippen LogP contribution < -0.4 is 0 Å². The number of nitriles is 1. The van der Waals surface area contributed by atoms with E-state index in [0.717, 1.165) is 29.6 Å². The molecular formula is C27H47N. The van der Waals surface area contributed by atoms with E-state index in [1.165, 1.54) is 109 Å². The molecule has 0 amide bonds. The van der Waals surface area contributed by atoms with Crippen LogP contribution in [0, 0.1) is 46.3 Å². The van der Waals surface area contributed by atoms with Crippen molar-refractivity contribution in [2.75, 3.05) is 0 Å². The molecule has 4 unspecified atom stereocenters. The molecule has 0 N–H and O–H groups in total. The van der Waals surface area contributed by atoms with Gasteiger partial charge in [-0.3, -0.25) is 0 Å². The molecule has 0 aromatic carbocycles. The maximum absolute atomic E-state index is 9.98. The molecule has 160 valence electrons. The van der Waals surface area contributed by atoms with Gasteiger partial charge in [0, 0.05) is 0 Å². The molecule has 0 heterocycles. The maximum atomic E-state index is 9.98. The van der Waals surface area contributed by atoms with Crippen molar-refractivity contribution in [3.8, 4) is 6.07 Å². The monoisotopic (exact) mass is 385 g/mol. The first-order chi connectivity index (χ1) is 13.7. The van der Waals surface area contributed by atoms with Gasteiger partial charge in [0.1, 0.15) is 0 Å². The summed E-state index contributed by atoms with van der Waals surface area (Å²) in [5, 5.41) is 9.98. The van der Waals surface area contributed by atoms with Crippen molar-refractivity contribution in [3.63, 3.8) is 0 Å². The summed E-state index contributed by atoms with van der Waals surface area (Å²) < 4.78 is 0. The lowest BCUT2D eigenvalue weighted by Crippen LogP contribution is -2.44. The van der Waals surface area contributed by atoms with Crippen molar-refractivity contribution < 1.29 is 0 Å². The molecule has 3 saturated carbocycles. The fourth-order valence-corrected chi connectivity index (χ4v) is 7.42. The van der Waals surface area contributed by atoms with E-state index < -0.39 is 0 Å². The van der Waals surface area contributed by atoms with E-state index >= 15 is 0 Å². The highest BCUT2D eigenvalue weighted by Gasteiger charge is 2.48. The van der Waals surface area contributed by atoms with E-state index in [9.17, 15) is 5.26 Å². The van der Waals surface area contributed by atoms with Crippen molar-refractivity contribution in [1.29, 1.82) is 5.26 Å². The number of rotatable bonds is 10. The van der Waals surface area contributed by atoms with Crippen molar-refractivity contribution in [2.45, 2.75) is 129 Å². The number of unbranched alkanes of at least 4 members (excludes halogenated alkanes) is 6. The van der Waals surface area contributed by atoms with E-state index in [0.29, 0.717) is 0 Å². The summed E-state index contributed by atoms with van der Waals surface area (Å²) in [5.74, 6) is 4.93. The summed E-state index contributed by atoms with van der Waals surface area (Å²) in [6.45, 7) is 4.59. The van der Waals surface area contributed by atoms with Crippen LogP contribution in [0.1, 0.15) is 129 Å². The molecule has 3 rings (SSSR count). The van der Waals surface area contributed by atoms with Crippen molar-refractivity contribution >= 4 is 0 Å². The summed E-state index contributed by atoms with van der Waals surface area (Å²) in [5.41, 5.74) is 0.0405. The molecule has 0 bridgehead atoms. The van der Waals surface area contributed by atoms with E-state index in [1.54, 1.807) is 6.42 Å². The molecule has 0 spiro atoms. The van der Waals surface area contributed by atoms with Crippen LogP contribution in [0.5, 0.6) is 0 Å². The minimum atomic E-state index is 0.0405. The van der Waals surface area contributed by atoms with Crippen LogP contribution in [-0.2, 0) is 0 Å². The lowest BCUT2D eigenvalue weighted by atomic mass is 9.52. The molecular weight excluding hydrogens is 338 g/mol. The largest absolute Gasteiger partial charge is 0.198 e. The fraction of sp³-hybridized carbons (Fsp3) is 0.963. The Hall–Kier alpha value is -0.510. The van der Waals surface area contributed by atoms with Crippen LogP contribution in [-0.4, -0.2) is 0 Å². The minimum Gasteiger partial charge on any atom is -0.198 e. The zero-order chi connectivity index (χ0) is 19.8. The molecule has 0 aromatic heterocycles. The molecule has 3 aliphatic rings. The zero-order valence-corrected chi connectivity index (χ0v) is 19.1. The highest BCUT2D eigenvalue weighted by atomic mass is 14.5. The molecule has 1 heteroatoms. The molecule has 1 nitrogen and oxygen atoms in total. The molecule has 3 fully saturated rings. The topological polar surface area (TPSA) is 23.8 Å². The number of hydrogen-bond acceptors (Lipinski definition) is 1. The number of nitrogens with zero attached hydrogens (tertiary/aromatic N) is 1. The maximum Gasteiger partial charge on any atom is 0.0689 e. The van der Waals surface area contributed by atoms with Gasteiger partial charge < -0.3 is 0 Å². The summed E-state index contributed by atoms with van der Waals surface area (Å²) in [6.07, 6.45) is 25.0. The van der Waals surface area contributed by atoms with Gasteiger partial charge in [-0.1, -0.05) is 78.1 Å². The van der Waals surface area contributed by atoms with Crippen LogP contribution in [0.4, 0.5) is 0 Å². The molecule has 6 atom stereocenters. The van der Waals surface area contributed by atoms with Crippen LogP contribution in [0.3, 0.4) is 0 Å². The second-order valence-corrected chi connectivity index (χ2v) is 10.9. The third-order valence-electron chi connectivity index (χ3n) is 9.03. The van der Waals surface area contributed by atoms with Gasteiger partial charge in [0.05, 0.1) is 11.5 Å². The Morgan fingerprint density at radius 1 is 0.786 bits per heavy atom. The number of fused-ring (bicyclic) bond motifs is 3. The second kappa shape index (κ2) is 11.0. The van der Waals surface area contributed by atoms with Gasteiger partial charge in [-0.05, 0) is 81.0 Å². The Kier molecular flexibility index (Phi) is 8.74. The fourth-order valence-electron chi connectivity index (χ4n) is 7.42. The van der Waals surface area contributed by atoms with Crippen LogP contribution in [0.2, 0.25) is 0 Å². The molecule has 3 aliphatic carbocycles. The third-order valence-corrected chi connectivity index (χ3v) is 9.03. The third kappa shape index (κ3) is 5.55. The van der Waals surface area contributed by atoms with E-state index in [-0.39, 0.29) is 5.41 Å². The Bertz CT molecular complexity index is 491. The second-order valence-electron chi connectivity index (χ2n) is 10.9. The predicted octanol–water partition coefficient (Wildman–Crippen LogP) is 8.68. The lowest BCUT2D eigenvalue weighted by Gasteiger charge is -2.52. The Balaban J connectivity index is 1.47. The minimum absolute atomic E-state index is 0.0405. The van der Waals surface area contributed by atoms with Gasteiger partial charge in [-0.2, -0.15) is 5.26 Å². The van der Waals surface area contributed by atoms with E-state index in [4.69, 9.17) is 0 Å². The van der Waals surface area contributed by atoms with E-state index in [1.807, 2.05) is 0 Å². The van der Waals surface area contributed by atoms with Crippen LogP contribution in [0.15, 0.2) is 0 Å². The normalized spacial score (nSPS) is 37.7. The first-order valence-electron chi connectivity index (χ1n) is 13.1. The smallest absolute Gasteiger partial charge is 0.0689 e. The predicted molar refractivity (Wildman–Crippen MR) is 120 cm³/mol. The summed E-state index contributed by atoms with van der Waals surface area (Å²) in [6, 6.07) is 2.83. The summed E-state index contributed by atoms with van der Waals surface area (Å²) >= 11 is 0. The SMILES string of the molecule is CCCCCCC[C@H]1CCC2C(CCC3C[C@@](C#N)(CCCCC)CCC32)C1. The highest BCUT2D eigenvalue weighted by Crippen LogP contribution is 2.57. The van der Waals surface area contributed by atoms with Gasteiger partial charge in [0.2, 0.25) is 0 Å². The zero-order valence-electron chi connectivity index (χ0n) is 19.1. The van der Waals surface area contributed by atoms with Crippen LogP contribution >= 0.6 is 0 Å². The Morgan fingerprint density at radius 3 is 2.29 bits per heavy atom. The first kappa shape index (κ1) is 22.2. The number of hydrogen-bond donors (Lipinski definition) is 0. The molecule has 0 aromatic rings. The van der Waals surface area contributed by atoms with Gasteiger partial charge in [-0.15, -0.1) is 0 Å². The van der Waals surface area contributed by atoms with Crippen molar-refractivity contribution in [1.82, 2.24) is 0 Å². The van der Waals surface area contributed by atoms with Gasteiger partial charge in [0.25, 0.3) is 0 Å². The first-order valence-corrected chi connectivity index (χ1v) is 13.1. The van der Waals surface area contributed by atoms with Crippen molar-refractivity contribution in [2.24, 2.45) is 35.0 Å². The average Bonchev–Trinajstić information content (AvgIpc) is 2.73. The van der Waals surface area contributed by atoms with Gasteiger partial charge >= 0.3 is 0 Å². The van der Waals surface area contributed by atoms with E-state index in [2.05, 4.69) is 19.9 Å². The standard InChI is InChI=1S/C27H47N/c1-3-5-7-8-9-11-22-12-15-25-23(19-22)13-14-24-20-27(21-28,17-10-6-4-2)18-16-26(24)25/h22-26H,3-20H2,1-2H3/t22-,23?,24?,25?,26?,27+/m0/s1. The van der Waals surface area contributed by atoms with Gasteiger partial charge in [0.15, 0.2) is 0 Å². The molecule has 0 radical (unpaired) electrons. The molecule has 0 saturated heterocycles. The summed E-state index contributed by atoms with van der Waals surface area (Å²) in [4.78, 5) is 0. The molecule has 28 heavy (non-hydrogen) atoms. The van der Waals surface area contributed by atoms with Crippen molar-refractivity contribution in [3.05, 3.63) is 0 Å². The molecule has 0 aliphatic heterocycles. The lowest BCUT2D eigenvalue weighted by molar-refractivity contribution is -0.0181. The Labute approximate surface area is 176 Å². The average molecular weight is 386 g/mol. The summed E-state index contributed by atoms with van der Waals surface area (Å²) in [7, 11) is 0.